The Labute approximate surface area is 291 Å². The molecule has 7 rings (SSSR count). The Bertz CT molecular complexity index is 1500. The van der Waals surface area contributed by atoms with E-state index in [1.807, 2.05) is 6.07 Å². The van der Waals surface area contributed by atoms with E-state index in [4.69, 9.17) is 4.74 Å². The molecule has 0 radical (unpaired) electrons. The molecule has 0 bridgehead atoms. The molecule has 4 saturated carbocycles. The molecule has 262 valence electrons. The number of ether oxygens (including phenoxy) is 1. The topological polar surface area (TPSA) is 61.7 Å². The van der Waals surface area contributed by atoms with Crippen LogP contribution in [0.1, 0.15) is 117 Å². The molecule has 3 N–H and O–H groups in total. The lowest BCUT2D eigenvalue weighted by molar-refractivity contribution is -0.220. The van der Waals surface area contributed by atoms with E-state index in [0.29, 0.717) is 24.4 Å². The van der Waals surface area contributed by atoms with Crippen molar-refractivity contribution in [1.29, 1.82) is 0 Å². The molecule has 4 heteroatoms. The number of hydrogen-bond acceptors (Lipinski definition) is 4. The maximum Gasteiger partial charge on any atom is 0.0720 e. The van der Waals surface area contributed by atoms with Crippen LogP contribution in [0.4, 0.5) is 5.69 Å². The van der Waals surface area contributed by atoms with Crippen molar-refractivity contribution < 1.29 is 14.9 Å². The molecule has 4 fully saturated rings. The minimum Gasteiger partial charge on any atom is -0.396 e. The molecular formula is C44H63NO3. The Kier molecular flexibility index (Phi) is 8.57. The number of aliphatic hydroxyl groups excluding tert-OH is 2. The summed E-state index contributed by atoms with van der Waals surface area (Å²) in [6, 6.07) is 19.4. The summed E-state index contributed by atoms with van der Waals surface area (Å²) in [5.74, 6) is 1.48. The molecule has 48 heavy (non-hydrogen) atoms. The molecular weight excluding hydrogens is 590 g/mol. The Morgan fingerprint density at radius 1 is 0.771 bits per heavy atom. The molecule has 5 aliphatic carbocycles. The summed E-state index contributed by atoms with van der Waals surface area (Å²) >= 11 is 0. The average Bonchev–Trinajstić information content (AvgIpc) is 3.06. The van der Waals surface area contributed by atoms with Crippen molar-refractivity contribution in [2.24, 2.45) is 50.2 Å². The standard InChI is InChI=1S/C44H63NO3/c1-39(2)25-34-33-17-18-36-41(4)21-20-37(47)42(5,29-46)35(41)19-22-44(36,7)43(33,6)24-23-40(34,3)38(26-39)48-28-31-15-13-30(14-16-31)27-45-32-11-9-8-10-12-32/h8-17,34-38,45-47H,18-29H2,1-7H3/t34-,35?,36-,37+,38-,40-,41+,42?,43-,44-/m1/s1. The van der Waals surface area contributed by atoms with Crippen molar-refractivity contribution in [2.75, 3.05) is 11.9 Å². The maximum absolute atomic E-state index is 11.1. The predicted octanol–water partition coefficient (Wildman–Crippen LogP) is 9.95. The van der Waals surface area contributed by atoms with E-state index in [-0.39, 0.29) is 39.8 Å². The molecule has 0 amide bonds. The third-order valence-electron chi connectivity index (χ3n) is 15.9. The van der Waals surface area contributed by atoms with Crippen LogP contribution in [0.5, 0.6) is 0 Å². The van der Waals surface area contributed by atoms with Gasteiger partial charge in [-0.15, -0.1) is 0 Å². The second-order valence-electron chi connectivity index (χ2n) is 19.0. The molecule has 2 unspecified atom stereocenters. The first-order valence-corrected chi connectivity index (χ1v) is 19.2. The maximum atomic E-state index is 11.1. The van der Waals surface area contributed by atoms with Crippen molar-refractivity contribution in [1.82, 2.24) is 0 Å². The zero-order valence-electron chi connectivity index (χ0n) is 30.9. The van der Waals surface area contributed by atoms with Crippen LogP contribution >= 0.6 is 0 Å². The number of fused-ring (bicyclic) bond motifs is 7. The number of anilines is 1. The zero-order chi connectivity index (χ0) is 34.2. The molecule has 0 spiro atoms. The van der Waals surface area contributed by atoms with Crippen LogP contribution in [0, 0.1) is 50.2 Å². The van der Waals surface area contributed by atoms with Crippen molar-refractivity contribution >= 4 is 5.69 Å². The first-order chi connectivity index (χ1) is 22.7. The van der Waals surface area contributed by atoms with Gasteiger partial charge in [0.2, 0.25) is 0 Å². The number of hydrogen-bond donors (Lipinski definition) is 3. The fourth-order valence-corrected chi connectivity index (χ4v) is 12.6. The third kappa shape index (κ3) is 5.25. The van der Waals surface area contributed by atoms with Gasteiger partial charge < -0.3 is 20.3 Å². The highest BCUT2D eigenvalue weighted by Crippen LogP contribution is 2.75. The van der Waals surface area contributed by atoms with Gasteiger partial charge in [-0.3, -0.25) is 0 Å². The van der Waals surface area contributed by atoms with E-state index in [0.717, 1.165) is 44.3 Å². The quantitative estimate of drug-likeness (QED) is 0.260. The van der Waals surface area contributed by atoms with Crippen LogP contribution in [0.3, 0.4) is 0 Å². The van der Waals surface area contributed by atoms with Crippen LogP contribution in [0.25, 0.3) is 0 Å². The van der Waals surface area contributed by atoms with Gasteiger partial charge in [0.25, 0.3) is 0 Å². The molecule has 4 nitrogen and oxygen atoms in total. The Hall–Kier alpha value is -2.14. The molecule has 2 aromatic carbocycles. The zero-order valence-corrected chi connectivity index (χ0v) is 30.9. The normalized spacial score (nSPS) is 43.2. The summed E-state index contributed by atoms with van der Waals surface area (Å²) < 4.78 is 7.03. The highest BCUT2D eigenvalue weighted by molar-refractivity contribution is 5.43. The minimum atomic E-state index is -0.401. The van der Waals surface area contributed by atoms with Gasteiger partial charge in [-0.05, 0) is 120 Å². The van der Waals surface area contributed by atoms with Gasteiger partial charge in [-0.2, -0.15) is 0 Å². The monoisotopic (exact) mass is 653 g/mol. The Morgan fingerprint density at radius 2 is 1.48 bits per heavy atom. The minimum absolute atomic E-state index is 0.0860. The van der Waals surface area contributed by atoms with Crippen molar-refractivity contribution in [3.05, 3.63) is 77.4 Å². The van der Waals surface area contributed by atoms with Gasteiger partial charge in [0.05, 0.1) is 25.4 Å². The van der Waals surface area contributed by atoms with E-state index >= 15 is 0 Å². The van der Waals surface area contributed by atoms with Gasteiger partial charge in [0.15, 0.2) is 0 Å². The lowest BCUT2D eigenvalue weighted by Gasteiger charge is -2.71. The SMILES string of the molecule is CC1(C)C[C@@H]2C3=CC[C@@H]4[C@@]5(C)CC[C@H](O)C(C)(CO)C5CC[C@@]4(C)[C@]3(C)CC[C@@]2(C)[C@H](OCc2ccc(CNc3ccccc3)cc2)C1. The molecule has 5 aliphatic rings. The number of aliphatic hydroxyl groups is 2. The van der Waals surface area contributed by atoms with E-state index in [2.05, 4.69) is 108 Å². The molecule has 0 aliphatic heterocycles. The smallest absolute Gasteiger partial charge is 0.0720 e. The fraction of sp³-hybridized carbons (Fsp3) is 0.682. The number of para-hydroxylation sites is 1. The molecule has 0 saturated heterocycles. The van der Waals surface area contributed by atoms with E-state index in [1.54, 1.807) is 5.57 Å². The molecule has 10 atom stereocenters. The molecule has 0 aromatic heterocycles. The van der Waals surface area contributed by atoms with Gasteiger partial charge in [-0.1, -0.05) is 103 Å². The number of rotatable bonds is 7. The average molecular weight is 654 g/mol. The summed E-state index contributed by atoms with van der Waals surface area (Å²) in [4.78, 5) is 0. The number of nitrogens with one attached hydrogen (secondary N) is 1. The summed E-state index contributed by atoms with van der Waals surface area (Å²) in [6.45, 7) is 19.1. The largest absolute Gasteiger partial charge is 0.396 e. The van der Waals surface area contributed by atoms with Crippen molar-refractivity contribution in [2.45, 2.75) is 132 Å². The number of allylic oxidation sites excluding steroid dienone is 2. The van der Waals surface area contributed by atoms with Crippen molar-refractivity contribution in [3.63, 3.8) is 0 Å². The molecule has 0 heterocycles. The first-order valence-electron chi connectivity index (χ1n) is 19.2. The van der Waals surface area contributed by atoms with Gasteiger partial charge >= 0.3 is 0 Å². The van der Waals surface area contributed by atoms with Gasteiger partial charge in [0, 0.05) is 23.1 Å². The highest BCUT2D eigenvalue weighted by Gasteiger charge is 2.69. The summed E-state index contributed by atoms with van der Waals surface area (Å²) in [5, 5.41) is 25.2. The second kappa shape index (κ2) is 12.0. The highest BCUT2D eigenvalue weighted by atomic mass is 16.5. The van der Waals surface area contributed by atoms with Crippen LogP contribution < -0.4 is 5.32 Å². The van der Waals surface area contributed by atoms with E-state index in [1.165, 1.54) is 36.8 Å². The van der Waals surface area contributed by atoms with Crippen LogP contribution in [-0.2, 0) is 17.9 Å². The van der Waals surface area contributed by atoms with E-state index < -0.39 is 11.5 Å². The van der Waals surface area contributed by atoms with Crippen molar-refractivity contribution in [3.8, 4) is 0 Å². The summed E-state index contributed by atoms with van der Waals surface area (Å²) in [5.41, 5.74) is 5.92. The lowest BCUT2D eigenvalue weighted by Crippen LogP contribution is -2.66. The van der Waals surface area contributed by atoms with Crippen LogP contribution in [-0.4, -0.2) is 29.0 Å². The van der Waals surface area contributed by atoms with E-state index in [9.17, 15) is 10.2 Å². The van der Waals surface area contributed by atoms with Crippen LogP contribution in [0.2, 0.25) is 0 Å². The lowest BCUT2D eigenvalue weighted by atomic mass is 9.33. The Morgan fingerprint density at radius 3 is 2.19 bits per heavy atom. The summed E-state index contributed by atoms with van der Waals surface area (Å²) in [7, 11) is 0. The fourth-order valence-electron chi connectivity index (χ4n) is 12.6. The Balaban J connectivity index is 1.11. The van der Waals surface area contributed by atoms with Gasteiger partial charge in [-0.25, -0.2) is 0 Å². The summed E-state index contributed by atoms with van der Waals surface area (Å²) in [6.07, 6.45) is 12.7. The predicted molar refractivity (Wildman–Crippen MR) is 196 cm³/mol. The number of benzene rings is 2. The first kappa shape index (κ1) is 34.3. The molecule has 2 aromatic rings. The third-order valence-corrected chi connectivity index (χ3v) is 15.9. The van der Waals surface area contributed by atoms with Crippen LogP contribution in [0.15, 0.2) is 66.2 Å². The van der Waals surface area contributed by atoms with Gasteiger partial charge in [0.1, 0.15) is 0 Å². The second-order valence-corrected chi connectivity index (χ2v) is 19.0.